The highest BCUT2D eigenvalue weighted by Gasteiger charge is 2.14. The van der Waals surface area contributed by atoms with Gasteiger partial charge in [-0.1, -0.05) is 0 Å². The zero-order chi connectivity index (χ0) is 18.4. The quantitative estimate of drug-likeness (QED) is 0.680. The van der Waals surface area contributed by atoms with Crippen molar-refractivity contribution in [2.75, 3.05) is 10.0 Å². The van der Waals surface area contributed by atoms with Gasteiger partial charge in [-0.25, -0.2) is 17.6 Å². The lowest BCUT2D eigenvalue weighted by Gasteiger charge is -2.09. The lowest BCUT2D eigenvalue weighted by Crippen LogP contribution is -2.13. The highest BCUT2D eigenvalue weighted by molar-refractivity contribution is 7.92. The van der Waals surface area contributed by atoms with Crippen molar-refractivity contribution in [3.63, 3.8) is 0 Å². The zero-order valence-electron chi connectivity index (χ0n) is 12.6. The van der Waals surface area contributed by atoms with Gasteiger partial charge in [0.25, 0.3) is 10.0 Å². The van der Waals surface area contributed by atoms with Crippen LogP contribution in [-0.4, -0.2) is 25.4 Å². The van der Waals surface area contributed by atoms with E-state index in [2.05, 4.69) is 10.0 Å². The van der Waals surface area contributed by atoms with Crippen molar-refractivity contribution in [1.82, 2.24) is 0 Å². The molecule has 0 spiro atoms. The van der Waals surface area contributed by atoms with Crippen LogP contribution in [0.15, 0.2) is 65.6 Å². The molecule has 130 valence electrons. The Morgan fingerprint density at radius 1 is 0.920 bits per heavy atom. The predicted octanol–water partition coefficient (Wildman–Crippen LogP) is 2.21. The van der Waals surface area contributed by atoms with E-state index in [0.29, 0.717) is 11.8 Å². The topological polar surface area (TPSA) is 113 Å². The van der Waals surface area contributed by atoms with Crippen molar-refractivity contribution in [1.29, 1.82) is 0 Å². The number of sulfonamides is 1. The molecule has 2 aromatic rings. The highest BCUT2D eigenvalue weighted by atomic mass is 32.2. The molecule has 0 aliphatic heterocycles. The van der Waals surface area contributed by atoms with Crippen LogP contribution in [0.5, 0.6) is 0 Å². The molecule has 3 N–H and O–H groups in total. The van der Waals surface area contributed by atoms with Crippen LogP contribution in [0.2, 0.25) is 0 Å². The van der Waals surface area contributed by atoms with Gasteiger partial charge in [-0.2, -0.15) is 0 Å². The number of carbonyl (C=O) groups is 2. The van der Waals surface area contributed by atoms with Crippen LogP contribution in [0.4, 0.5) is 15.8 Å². The summed E-state index contributed by atoms with van der Waals surface area (Å²) in [5.74, 6) is -2.41. The first-order chi connectivity index (χ1) is 11.8. The minimum Gasteiger partial charge on any atom is -0.478 e. The number of carboxylic acids is 1. The Kier molecular flexibility index (Phi) is 5.50. The molecule has 0 unspecified atom stereocenters. The number of hydrogen-bond donors (Lipinski definition) is 3. The molecule has 0 aliphatic rings. The molecule has 0 saturated heterocycles. The fourth-order valence-corrected chi connectivity index (χ4v) is 2.84. The molecule has 0 saturated carbocycles. The largest absolute Gasteiger partial charge is 0.478 e. The van der Waals surface area contributed by atoms with E-state index in [0.717, 1.165) is 18.2 Å². The van der Waals surface area contributed by atoms with Gasteiger partial charge < -0.3 is 10.4 Å². The standard InChI is InChI=1S/C16H13FN2O5S/c17-11-1-3-13(4-2-11)19-25(23,24)14-7-5-12(6-8-14)18-15(20)9-10-16(21)22/h1-10,19H,(H,18,20)(H,21,22)/b10-9+. The Hall–Kier alpha value is -3.20. The molecular formula is C16H13FN2O5S. The van der Waals surface area contributed by atoms with E-state index < -0.39 is 27.7 Å². The normalized spacial score (nSPS) is 11.2. The highest BCUT2D eigenvalue weighted by Crippen LogP contribution is 2.18. The van der Waals surface area contributed by atoms with Gasteiger partial charge >= 0.3 is 5.97 Å². The van der Waals surface area contributed by atoms with Gasteiger partial charge in [0.2, 0.25) is 5.91 Å². The summed E-state index contributed by atoms with van der Waals surface area (Å²) in [7, 11) is -3.87. The van der Waals surface area contributed by atoms with E-state index in [1.165, 1.54) is 36.4 Å². The second-order valence-electron chi connectivity index (χ2n) is 4.80. The van der Waals surface area contributed by atoms with Crippen LogP contribution in [0, 0.1) is 5.82 Å². The summed E-state index contributed by atoms with van der Waals surface area (Å²) in [6.07, 6.45) is 1.52. The zero-order valence-corrected chi connectivity index (χ0v) is 13.5. The van der Waals surface area contributed by atoms with Gasteiger partial charge in [-0.3, -0.25) is 9.52 Å². The summed E-state index contributed by atoms with van der Waals surface area (Å²) in [6.45, 7) is 0. The van der Waals surface area contributed by atoms with E-state index in [4.69, 9.17) is 5.11 Å². The number of anilines is 2. The van der Waals surface area contributed by atoms with Crippen LogP contribution in [-0.2, 0) is 19.6 Å². The van der Waals surface area contributed by atoms with Crippen LogP contribution in [0.1, 0.15) is 0 Å². The lowest BCUT2D eigenvalue weighted by atomic mass is 10.3. The second-order valence-corrected chi connectivity index (χ2v) is 6.48. The van der Waals surface area contributed by atoms with Crippen molar-refractivity contribution in [3.8, 4) is 0 Å². The molecule has 2 aromatic carbocycles. The molecule has 0 bridgehead atoms. The van der Waals surface area contributed by atoms with Crippen LogP contribution < -0.4 is 10.0 Å². The fraction of sp³-hybridized carbons (Fsp3) is 0. The number of halogens is 1. The Morgan fingerprint density at radius 2 is 1.48 bits per heavy atom. The summed E-state index contributed by atoms with van der Waals surface area (Å²) < 4.78 is 39.6. The van der Waals surface area contributed by atoms with Crippen molar-refractivity contribution in [2.24, 2.45) is 0 Å². The molecule has 9 heteroatoms. The van der Waals surface area contributed by atoms with Gasteiger partial charge in [-0.15, -0.1) is 0 Å². The van der Waals surface area contributed by atoms with Gasteiger partial charge in [0, 0.05) is 23.5 Å². The van der Waals surface area contributed by atoms with Gasteiger partial charge in [0.05, 0.1) is 4.90 Å². The Labute approximate surface area is 142 Å². The summed E-state index contributed by atoms with van der Waals surface area (Å²) in [5.41, 5.74) is 0.498. The molecule has 0 aliphatic carbocycles. The molecule has 0 heterocycles. The average molecular weight is 364 g/mol. The van der Waals surface area contributed by atoms with Crippen LogP contribution in [0.3, 0.4) is 0 Å². The predicted molar refractivity (Wildman–Crippen MR) is 89.1 cm³/mol. The van der Waals surface area contributed by atoms with E-state index in [1.54, 1.807) is 0 Å². The first-order valence-electron chi connectivity index (χ1n) is 6.87. The Balaban J connectivity index is 2.09. The molecule has 0 fully saturated rings. The number of rotatable bonds is 6. The maximum atomic E-state index is 12.8. The monoisotopic (exact) mass is 364 g/mol. The maximum absolute atomic E-state index is 12.8. The summed E-state index contributed by atoms with van der Waals surface area (Å²) in [5, 5.41) is 10.8. The molecule has 0 aromatic heterocycles. The average Bonchev–Trinajstić information content (AvgIpc) is 2.55. The van der Waals surface area contributed by atoms with Gasteiger partial charge in [-0.05, 0) is 48.5 Å². The number of carbonyl (C=O) groups excluding carboxylic acids is 1. The number of benzene rings is 2. The third-order valence-corrected chi connectivity index (χ3v) is 4.30. The first kappa shape index (κ1) is 18.1. The lowest BCUT2D eigenvalue weighted by molar-refractivity contribution is -0.131. The first-order valence-corrected chi connectivity index (χ1v) is 8.35. The minimum atomic E-state index is -3.87. The summed E-state index contributed by atoms with van der Waals surface area (Å²) in [6, 6.07) is 10.1. The number of carboxylic acid groups (broad SMARTS) is 1. The van der Waals surface area contributed by atoms with Crippen molar-refractivity contribution >= 4 is 33.3 Å². The maximum Gasteiger partial charge on any atom is 0.328 e. The van der Waals surface area contributed by atoms with Gasteiger partial charge in [0.15, 0.2) is 0 Å². The third kappa shape index (κ3) is 5.43. The molecule has 0 atom stereocenters. The fourth-order valence-electron chi connectivity index (χ4n) is 1.78. The Bertz CT molecular complexity index is 907. The van der Waals surface area contributed by atoms with E-state index in [1.807, 2.05) is 0 Å². The van der Waals surface area contributed by atoms with Gasteiger partial charge in [0.1, 0.15) is 5.82 Å². The van der Waals surface area contributed by atoms with E-state index >= 15 is 0 Å². The molecule has 0 radical (unpaired) electrons. The molecule has 25 heavy (non-hydrogen) atoms. The number of aliphatic carboxylic acids is 1. The molecule has 1 amide bonds. The molecule has 7 nitrogen and oxygen atoms in total. The van der Waals surface area contributed by atoms with Crippen LogP contribution >= 0.6 is 0 Å². The number of amides is 1. The summed E-state index contributed by atoms with van der Waals surface area (Å²) >= 11 is 0. The molecular weight excluding hydrogens is 351 g/mol. The third-order valence-electron chi connectivity index (χ3n) is 2.91. The minimum absolute atomic E-state index is 0.0593. The van der Waals surface area contributed by atoms with E-state index in [9.17, 15) is 22.4 Å². The van der Waals surface area contributed by atoms with Crippen molar-refractivity contribution < 1.29 is 27.5 Å². The van der Waals surface area contributed by atoms with E-state index in [-0.39, 0.29) is 10.6 Å². The summed E-state index contributed by atoms with van der Waals surface area (Å²) in [4.78, 5) is 21.7. The molecule has 2 rings (SSSR count). The SMILES string of the molecule is O=C(O)/C=C/C(=O)Nc1ccc(S(=O)(=O)Nc2ccc(F)cc2)cc1. The Morgan fingerprint density at radius 3 is 2.04 bits per heavy atom. The smallest absolute Gasteiger partial charge is 0.328 e. The number of hydrogen-bond acceptors (Lipinski definition) is 4. The second kappa shape index (κ2) is 7.58. The number of nitrogens with one attached hydrogen (secondary N) is 2. The van der Waals surface area contributed by atoms with Crippen LogP contribution in [0.25, 0.3) is 0 Å². The van der Waals surface area contributed by atoms with Crippen molar-refractivity contribution in [2.45, 2.75) is 4.90 Å². The van der Waals surface area contributed by atoms with Crippen molar-refractivity contribution in [3.05, 3.63) is 66.5 Å².